The highest BCUT2D eigenvalue weighted by atomic mass is 15.2. The molecule has 2 heteroatoms. The maximum absolute atomic E-state index is 2.57. The highest BCUT2D eigenvalue weighted by Gasteiger charge is 2.35. The summed E-state index contributed by atoms with van der Waals surface area (Å²) in [6, 6.07) is 31.2. The van der Waals surface area contributed by atoms with E-state index in [1.54, 1.807) is 0 Å². The van der Waals surface area contributed by atoms with Crippen LogP contribution in [0.15, 0.2) is 84.9 Å². The number of nitrogens with zero attached hydrogens (tertiary/aromatic N) is 2. The molecule has 1 aromatic heterocycles. The fourth-order valence-corrected chi connectivity index (χ4v) is 4.83. The summed E-state index contributed by atoms with van der Waals surface area (Å²) in [5, 5.41) is 1.40. The van der Waals surface area contributed by atoms with Gasteiger partial charge in [0.25, 0.3) is 0 Å². The van der Waals surface area contributed by atoms with Crippen molar-refractivity contribution < 1.29 is 0 Å². The summed E-state index contributed by atoms with van der Waals surface area (Å²) in [4.78, 5) is 2.50. The van der Waals surface area contributed by atoms with Gasteiger partial charge in [0.15, 0.2) is 0 Å². The number of hydrogen-bond acceptors (Lipinski definition) is 1. The number of hydrogen-bond donors (Lipinski definition) is 0. The van der Waals surface area contributed by atoms with Crippen LogP contribution in [0.25, 0.3) is 10.9 Å². The van der Waals surface area contributed by atoms with Gasteiger partial charge in [0, 0.05) is 41.6 Å². The van der Waals surface area contributed by atoms with Gasteiger partial charge in [-0.25, -0.2) is 0 Å². The summed E-state index contributed by atoms with van der Waals surface area (Å²) in [6.45, 7) is 4.28. The molecule has 0 bridgehead atoms. The molecular formula is C26H26N2. The first-order chi connectivity index (χ1) is 13.7. The Bertz CT molecular complexity index is 1100. The first-order valence-corrected chi connectivity index (χ1v) is 10.1. The molecule has 0 saturated carbocycles. The Morgan fingerprint density at radius 3 is 2.21 bits per heavy atom. The van der Waals surface area contributed by atoms with Gasteiger partial charge in [0.05, 0.1) is 0 Å². The molecule has 28 heavy (non-hydrogen) atoms. The zero-order valence-electron chi connectivity index (χ0n) is 16.5. The monoisotopic (exact) mass is 366 g/mol. The molecule has 5 rings (SSSR count). The van der Waals surface area contributed by atoms with E-state index in [-0.39, 0.29) is 0 Å². The van der Waals surface area contributed by atoms with Crippen molar-refractivity contribution >= 4 is 10.9 Å². The molecule has 1 aliphatic heterocycles. The molecule has 0 N–H and O–H groups in total. The SMILES string of the molecule is C[C@H]1[C@@H](c2ccccc2)c2c(c3ccccc3n2Cc2ccccc2)CN1C. The largest absolute Gasteiger partial charge is 0.339 e. The van der Waals surface area contributed by atoms with E-state index in [4.69, 9.17) is 0 Å². The van der Waals surface area contributed by atoms with E-state index in [9.17, 15) is 0 Å². The summed E-state index contributed by atoms with van der Waals surface area (Å²) in [7, 11) is 2.26. The topological polar surface area (TPSA) is 8.17 Å². The lowest BCUT2D eigenvalue weighted by Crippen LogP contribution is -2.40. The van der Waals surface area contributed by atoms with Crippen LogP contribution < -0.4 is 0 Å². The van der Waals surface area contributed by atoms with E-state index in [1.165, 1.54) is 33.3 Å². The highest BCUT2D eigenvalue weighted by molar-refractivity contribution is 5.86. The predicted octanol–water partition coefficient (Wildman–Crippen LogP) is 5.66. The molecule has 0 aliphatic carbocycles. The van der Waals surface area contributed by atoms with Gasteiger partial charge in [-0.05, 0) is 36.7 Å². The third-order valence-corrected chi connectivity index (χ3v) is 6.34. The second kappa shape index (κ2) is 6.96. The molecule has 0 fully saturated rings. The van der Waals surface area contributed by atoms with Gasteiger partial charge < -0.3 is 4.57 Å². The summed E-state index contributed by atoms with van der Waals surface area (Å²) in [5.74, 6) is 0.367. The van der Waals surface area contributed by atoms with Crippen LogP contribution in [0.1, 0.15) is 35.2 Å². The Morgan fingerprint density at radius 1 is 0.821 bits per heavy atom. The van der Waals surface area contributed by atoms with Crippen molar-refractivity contribution in [2.24, 2.45) is 0 Å². The van der Waals surface area contributed by atoms with E-state index in [1.807, 2.05) is 0 Å². The van der Waals surface area contributed by atoms with Crippen LogP contribution in [0.3, 0.4) is 0 Å². The van der Waals surface area contributed by atoms with Crippen molar-refractivity contribution in [2.45, 2.75) is 32.0 Å². The van der Waals surface area contributed by atoms with Crippen molar-refractivity contribution in [1.29, 1.82) is 0 Å². The number of likely N-dealkylation sites (N-methyl/N-ethyl adjacent to an activating group) is 1. The first kappa shape index (κ1) is 17.3. The van der Waals surface area contributed by atoms with Gasteiger partial charge in [-0.1, -0.05) is 78.9 Å². The molecule has 3 aromatic carbocycles. The molecular weight excluding hydrogens is 340 g/mol. The van der Waals surface area contributed by atoms with E-state index >= 15 is 0 Å². The van der Waals surface area contributed by atoms with Crippen molar-refractivity contribution in [3.8, 4) is 0 Å². The Morgan fingerprint density at radius 2 is 1.46 bits per heavy atom. The molecule has 1 aliphatic rings. The lowest BCUT2D eigenvalue weighted by atomic mass is 9.83. The average molecular weight is 367 g/mol. The maximum Gasteiger partial charge on any atom is 0.0489 e. The van der Waals surface area contributed by atoms with Crippen molar-refractivity contribution in [2.75, 3.05) is 7.05 Å². The predicted molar refractivity (Wildman–Crippen MR) is 117 cm³/mol. The Labute approximate surface area is 167 Å². The smallest absolute Gasteiger partial charge is 0.0489 e. The van der Waals surface area contributed by atoms with Crippen LogP contribution in [-0.4, -0.2) is 22.6 Å². The molecule has 0 unspecified atom stereocenters. The van der Waals surface area contributed by atoms with Crippen molar-refractivity contribution in [3.63, 3.8) is 0 Å². The van der Waals surface area contributed by atoms with E-state index < -0.39 is 0 Å². The minimum Gasteiger partial charge on any atom is -0.339 e. The molecule has 2 heterocycles. The zero-order chi connectivity index (χ0) is 19.1. The normalized spacial score (nSPS) is 19.6. The summed E-state index contributed by atoms with van der Waals surface area (Å²) < 4.78 is 2.57. The quantitative estimate of drug-likeness (QED) is 0.454. The van der Waals surface area contributed by atoms with Gasteiger partial charge in [0.1, 0.15) is 0 Å². The minimum absolute atomic E-state index is 0.367. The number of aromatic nitrogens is 1. The molecule has 140 valence electrons. The summed E-state index contributed by atoms with van der Waals surface area (Å²) in [5.41, 5.74) is 7.08. The highest BCUT2D eigenvalue weighted by Crippen LogP contribution is 2.42. The molecule has 0 amide bonds. The van der Waals surface area contributed by atoms with Crippen molar-refractivity contribution in [1.82, 2.24) is 9.47 Å². The average Bonchev–Trinajstić information content (AvgIpc) is 3.04. The summed E-state index contributed by atoms with van der Waals surface area (Å²) in [6.07, 6.45) is 0. The number of benzene rings is 3. The van der Waals surface area contributed by atoms with Gasteiger partial charge in [-0.15, -0.1) is 0 Å². The van der Waals surface area contributed by atoms with Crippen LogP contribution >= 0.6 is 0 Å². The van der Waals surface area contributed by atoms with Crippen LogP contribution in [0.4, 0.5) is 0 Å². The van der Waals surface area contributed by atoms with Crippen LogP contribution in [-0.2, 0) is 13.1 Å². The summed E-state index contributed by atoms with van der Waals surface area (Å²) >= 11 is 0. The molecule has 0 spiro atoms. The second-order valence-corrected chi connectivity index (χ2v) is 8.00. The Balaban J connectivity index is 1.77. The molecule has 0 radical (unpaired) electrons. The minimum atomic E-state index is 0.367. The van der Waals surface area contributed by atoms with Gasteiger partial charge in [-0.2, -0.15) is 0 Å². The van der Waals surface area contributed by atoms with Crippen molar-refractivity contribution in [3.05, 3.63) is 107 Å². The van der Waals surface area contributed by atoms with Gasteiger partial charge >= 0.3 is 0 Å². The van der Waals surface area contributed by atoms with Gasteiger partial charge in [0.2, 0.25) is 0 Å². The standard InChI is InChI=1S/C26H26N2/c1-19-25(21-13-7-4-8-14-21)26-23(18-27(19)2)22-15-9-10-16-24(22)28(26)17-20-11-5-3-6-12-20/h3-16,19,25H,17-18H2,1-2H3/t19-,25-/m0/s1. The van der Waals surface area contributed by atoms with Gasteiger partial charge in [-0.3, -0.25) is 4.90 Å². The lowest BCUT2D eigenvalue weighted by molar-refractivity contribution is 0.208. The molecule has 2 atom stereocenters. The van der Waals surface area contributed by atoms with Crippen LogP contribution in [0.5, 0.6) is 0 Å². The first-order valence-electron chi connectivity index (χ1n) is 10.1. The Hall–Kier alpha value is -2.84. The molecule has 2 nitrogen and oxygen atoms in total. The van der Waals surface area contributed by atoms with E-state index in [0.29, 0.717) is 12.0 Å². The number of rotatable bonds is 3. The third-order valence-electron chi connectivity index (χ3n) is 6.34. The van der Waals surface area contributed by atoms with E-state index in [2.05, 4.69) is 108 Å². The fraction of sp³-hybridized carbons (Fsp3) is 0.231. The third kappa shape index (κ3) is 2.76. The second-order valence-electron chi connectivity index (χ2n) is 8.00. The Kier molecular flexibility index (Phi) is 4.29. The van der Waals surface area contributed by atoms with Crippen LogP contribution in [0, 0.1) is 0 Å². The lowest BCUT2D eigenvalue weighted by Gasteiger charge is -2.38. The van der Waals surface area contributed by atoms with Crippen LogP contribution in [0.2, 0.25) is 0 Å². The zero-order valence-corrected chi connectivity index (χ0v) is 16.5. The number of para-hydroxylation sites is 1. The molecule has 0 saturated heterocycles. The maximum atomic E-state index is 2.57. The molecule has 4 aromatic rings. The van der Waals surface area contributed by atoms with E-state index in [0.717, 1.165) is 13.1 Å². The number of fused-ring (bicyclic) bond motifs is 3. The fourth-order valence-electron chi connectivity index (χ4n) is 4.83.